The van der Waals surface area contributed by atoms with Gasteiger partial charge in [-0.1, -0.05) is 0 Å². The maximum Gasteiger partial charge on any atom is 0.221 e. The first-order chi connectivity index (χ1) is 6.60. The van der Waals surface area contributed by atoms with Gasteiger partial charge in [-0.25, -0.2) is 4.98 Å². The van der Waals surface area contributed by atoms with Gasteiger partial charge in [0.2, 0.25) is 5.88 Å². The van der Waals surface area contributed by atoms with Crippen LogP contribution in [0.4, 0.5) is 0 Å². The third-order valence-electron chi connectivity index (χ3n) is 1.82. The molecule has 1 aromatic rings. The normalized spacial score (nSPS) is 10.0. The molecule has 0 aromatic carbocycles. The first kappa shape index (κ1) is 10.9. The first-order valence-corrected chi connectivity index (χ1v) is 4.62. The third-order valence-corrected chi connectivity index (χ3v) is 2.09. The number of methoxy groups -OCH3 is 1. The number of nitrogens with zero attached hydrogens (tertiary/aromatic N) is 2. The second kappa shape index (κ2) is 4.37. The van der Waals surface area contributed by atoms with Gasteiger partial charge in [0.15, 0.2) is 11.6 Å². The van der Waals surface area contributed by atoms with Crippen molar-refractivity contribution in [2.24, 2.45) is 0 Å². The summed E-state index contributed by atoms with van der Waals surface area (Å²) in [5, 5.41) is 0. The summed E-state index contributed by atoms with van der Waals surface area (Å²) in [6.07, 6.45) is 0. The molecule has 14 heavy (non-hydrogen) atoms. The highest BCUT2D eigenvalue weighted by molar-refractivity contribution is 6.17. The van der Waals surface area contributed by atoms with E-state index in [0.29, 0.717) is 11.6 Å². The van der Waals surface area contributed by atoms with E-state index in [0.717, 1.165) is 5.56 Å². The van der Waals surface area contributed by atoms with Crippen molar-refractivity contribution in [2.75, 3.05) is 7.11 Å². The smallest absolute Gasteiger partial charge is 0.221 e. The average Bonchev–Trinajstić information content (AvgIpc) is 2.16. The Morgan fingerprint density at radius 1 is 1.50 bits per heavy atom. The Bertz CT molecular complexity index is 366. The number of Topliss-reactive ketones (excluding diaryl/α,β-unsaturated/α-hetero) is 1. The molecule has 0 bridgehead atoms. The molecule has 0 N–H and O–H groups in total. The van der Waals surface area contributed by atoms with Gasteiger partial charge in [-0.15, -0.1) is 11.6 Å². The standard InChI is InChI=1S/C9H11ClN2O2/c1-5-7(4-10)9(14-3)12-8(11-5)6(2)13/h4H2,1-3H3. The van der Waals surface area contributed by atoms with E-state index in [-0.39, 0.29) is 17.5 Å². The number of halogens is 1. The molecule has 76 valence electrons. The van der Waals surface area contributed by atoms with E-state index in [1.54, 1.807) is 6.92 Å². The van der Waals surface area contributed by atoms with Crippen molar-refractivity contribution in [3.05, 3.63) is 17.1 Å². The summed E-state index contributed by atoms with van der Waals surface area (Å²) < 4.78 is 5.02. The lowest BCUT2D eigenvalue weighted by molar-refractivity contribution is 0.100. The van der Waals surface area contributed by atoms with Crippen molar-refractivity contribution in [3.8, 4) is 5.88 Å². The fourth-order valence-electron chi connectivity index (χ4n) is 1.05. The van der Waals surface area contributed by atoms with Gasteiger partial charge < -0.3 is 4.74 Å². The number of carbonyl (C=O) groups excluding carboxylic acids is 1. The van der Waals surface area contributed by atoms with E-state index in [9.17, 15) is 4.79 Å². The summed E-state index contributed by atoms with van der Waals surface area (Å²) in [6, 6.07) is 0. The van der Waals surface area contributed by atoms with Crippen LogP contribution in [0.5, 0.6) is 5.88 Å². The van der Waals surface area contributed by atoms with E-state index in [2.05, 4.69) is 9.97 Å². The van der Waals surface area contributed by atoms with Crippen LogP contribution in [0.2, 0.25) is 0 Å². The molecule has 1 heterocycles. The average molecular weight is 215 g/mol. The molecule has 0 aliphatic heterocycles. The quantitative estimate of drug-likeness (QED) is 0.568. The third kappa shape index (κ3) is 2.01. The topological polar surface area (TPSA) is 52.1 Å². The molecule has 0 atom stereocenters. The molecular formula is C9H11ClN2O2. The van der Waals surface area contributed by atoms with Crippen LogP contribution in [0.3, 0.4) is 0 Å². The SMILES string of the molecule is COc1nc(C(C)=O)nc(C)c1CCl. The number of carbonyl (C=O) groups is 1. The van der Waals surface area contributed by atoms with Gasteiger partial charge in [-0.05, 0) is 6.92 Å². The Hall–Kier alpha value is -1.16. The number of aryl methyl sites for hydroxylation is 1. The largest absolute Gasteiger partial charge is 0.481 e. The van der Waals surface area contributed by atoms with Crippen molar-refractivity contribution in [3.63, 3.8) is 0 Å². The number of hydrogen-bond acceptors (Lipinski definition) is 4. The second-order valence-corrected chi connectivity index (χ2v) is 3.08. The summed E-state index contributed by atoms with van der Waals surface area (Å²) in [7, 11) is 1.49. The Morgan fingerprint density at radius 3 is 2.57 bits per heavy atom. The number of rotatable bonds is 3. The van der Waals surface area contributed by atoms with Gasteiger partial charge >= 0.3 is 0 Å². The van der Waals surface area contributed by atoms with Crippen LogP contribution in [0.1, 0.15) is 28.8 Å². The van der Waals surface area contributed by atoms with E-state index >= 15 is 0 Å². The van der Waals surface area contributed by atoms with Gasteiger partial charge in [0.25, 0.3) is 0 Å². The summed E-state index contributed by atoms with van der Waals surface area (Å²) >= 11 is 5.70. The second-order valence-electron chi connectivity index (χ2n) is 2.81. The van der Waals surface area contributed by atoms with E-state index in [1.807, 2.05) is 0 Å². The Labute approximate surface area is 87.3 Å². The zero-order valence-electron chi connectivity index (χ0n) is 8.30. The maximum absolute atomic E-state index is 11.1. The zero-order chi connectivity index (χ0) is 10.7. The summed E-state index contributed by atoms with van der Waals surface area (Å²) in [5.74, 6) is 0.617. The lowest BCUT2D eigenvalue weighted by atomic mass is 10.2. The number of aromatic nitrogens is 2. The summed E-state index contributed by atoms with van der Waals surface area (Å²) in [6.45, 7) is 3.18. The summed E-state index contributed by atoms with van der Waals surface area (Å²) in [4.78, 5) is 19.0. The van der Waals surface area contributed by atoms with Crippen LogP contribution in [0.25, 0.3) is 0 Å². The van der Waals surface area contributed by atoms with Crippen molar-refractivity contribution in [1.82, 2.24) is 9.97 Å². The number of ether oxygens (including phenoxy) is 1. The molecule has 0 saturated heterocycles. The van der Waals surface area contributed by atoms with Gasteiger partial charge in [-0.3, -0.25) is 4.79 Å². The summed E-state index contributed by atoms with van der Waals surface area (Å²) in [5.41, 5.74) is 1.40. The molecule has 1 rings (SSSR count). The van der Waals surface area contributed by atoms with Crippen LogP contribution in [0, 0.1) is 6.92 Å². The Balaban J connectivity index is 3.31. The molecule has 0 amide bonds. The minimum atomic E-state index is -0.187. The Kier molecular flexibility index (Phi) is 3.41. The van der Waals surface area contributed by atoms with Crippen LogP contribution in [0.15, 0.2) is 0 Å². The minimum Gasteiger partial charge on any atom is -0.481 e. The molecule has 0 unspecified atom stereocenters. The monoisotopic (exact) mass is 214 g/mol. The number of ketones is 1. The van der Waals surface area contributed by atoms with E-state index in [4.69, 9.17) is 16.3 Å². The molecule has 5 heteroatoms. The van der Waals surface area contributed by atoms with Crippen LogP contribution >= 0.6 is 11.6 Å². The van der Waals surface area contributed by atoms with Crippen molar-refractivity contribution in [2.45, 2.75) is 19.7 Å². The highest BCUT2D eigenvalue weighted by Crippen LogP contribution is 2.20. The number of hydrogen-bond donors (Lipinski definition) is 0. The molecule has 4 nitrogen and oxygen atoms in total. The van der Waals surface area contributed by atoms with Gasteiger partial charge in [0.05, 0.1) is 18.6 Å². The van der Waals surface area contributed by atoms with E-state index < -0.39 is 0 Å². The van der Waals surface area contributed by atoms with Gasteiger partial charge in [0.1, 0.15) is 0 Å². The highest BCUT2D eigenvalue weighted by Gasteiger charge is 2.13. The molecule has 0 aliphatic rings. The van der Waals surface area contributed by atoms with Gasteiger partial charge in [-0.2, -0.15) is 4.98 Å². The van der Waals surface area contributed by atoms with Crippen LogP contribution in [-0.4, -0.2) is 22.9 Å². The van der Waals surface area contributed by atoms with Crippen molar-refractivity contribution >= 4 is 17.4 Å². The predicted molar refractivity (Wildman–Crippen MR) is 52.9 cm³/mol. The molecule has 0 saturated carbocycles. The molecule has 1 aromatic heterocycles. The molecule has 0 aliphatic carbocycles. The maximum atomic E-state index is 11.1. The lowest BCUT2D eigenvalue weighted by Crippen LogP contribution is -2.07. The van der Waals surface area contributed by atoms with Gasteiger partial charge in [0, 0.05) is 12.6 Å². The Morgan fingerprint density at radius 2 is 2.14 bits per heavy atom. The van der Waals surface area contributed by atoms with Crippen LogP contribution < -0.4 is 4.74 Å². The minimum absolute atomic E-state index is 0.160. The molecule has 0 spiro atoms. The number of alkyl halides is 1. The molecular weight excluding hydrogens is 204 g/mol. The van der Waals surface area contributed by atoms with E-state index in [1.165, 1.54) is 14.0 Å². The fraction of sp³-hybridized carbons (Fsp3) is 0.444. The molecule has 0 fully saturated rings. The first-order valence-electron chi connectivity index (χ1n) is 4.08. The lowest BCUT2D eigenvalue weighted by Gasteiger charge is -2.08. The zero-order valence-corrected chi connectivity index (χ0v) is 9.05. The van der Waals surface area contributed by atoms with Crippen molar-refractivity contribution < 1.29 is 9.53 Å². The molecule has 0 radical (unpaired) electrons. The highest BCUT2D eigenvalue weighted by atomic mass is 35.5. The fourth-order valence-corrected chi connectivity index (χ4v) is 1.36. The van der Waals surface area contributed by atoms with Crippen LogP contribution in [-0.2, 0) is 5.88 Å². The van der Waals surface area contributed by atoms with Crippen molar-refractivity contribution in [1.29, 1.82) is 0 Å². The predicted octanol–water partition coefficient (Wildman–Crippen LogP) is 1.74.